The van der Waals surface area contributed by atoms with Gasteiger partial charge in [-0.2, -0.15) is 0 Å². The van der Waals surface area contributed by atoms with Gasteiger partial charge in [0, 0.05) is 12.8 Å². The van der Waals surface area contributed by atoms with E-state index in [0.29, 0.717) is 25.9 Å². The van der Waals surface area contributed by atoms with Gasteiger partial charge in [-0.15, -0.1) is 0 Å². The van der Waals surface area contributed by atoms with Gasteiger partial charge in [-0.25, -0.2) is 0 Å². The summed E-state index contributed by atoms with van der Waals surface area (Å²) >= 11 is 0. The van der Waals surface area contributed by atoms with Crippen LogP contribution in [0.3, 0.4) is 0 Å². The number of esters is 1. The molecule has 0 saturated carbocycles. The van der Waals surface area contributed by atoms with Crippen LogP contribution in [-0.4, -0.2) is 47.4 Å². The van der Waals surface area contributed by atoms with Gasteiger partial charge in [-0.3, -0.25) is 9.59 Å². The van der Waals surface area contributed by atoms with Crippen molar-refractivity contribution in [2.75, 3.05) is 13.2 Å². The number of carbonyl (C=O) groups excluding carboxylic acids is 2. The zero-order valence-corrected chi connectivity index (χ0v) is 37.6. The van der Waals surface area contributed by atoms with Crippen LogP contribution in [0.25, 0.3) is 0 Å². The third-order valence-corrected chi connectivity index (χ3v) is 11.6. The van der Waals surface area contributed by atoms with E-state index >= 15 is 0 Å². The Morgan fingerprint density at radius 2 is 0.839 bits per heavy atom. The molecule has 2 unspecified atom stereocenters. The quantitative estimate of drug-likeness (QED) is 0.0324. The summed E-state index contributed by atoms with van der Waals surface area (Å²) in [4.78, 5) is 24.5. The maximum Gasteiger partial charge on any atom is 0.305 e. The molecule has 0 aliphatic heterocycles. The second-order valence-electron chi connectivity index (χ2n) is 17.1. The first-order valence-corrected chi connectivity index (χ1v) is 24.9. The minimum atomic E-state index is -0.681. The van der Waals surface area contributed by atoms with E-state index in [-0.39, 0.29) is 18.5 Å². The van der Waals surface area contributed by atoms with Gasteiger partial charge in [0.05, 0.1) is 25.4 Å². The molecule has 0 radical (unpaired) electrons. The van der Waals surface area contributed by atoms with Gasteiger partial charge in [0.15, 0.2) is 0 Å². The molecular formula is C50H97NO5. The number of hydrogen-bond donors (Lipinski definition) is 3. The first-order valence-electron chi connectivity index (χ1n) is 24.9. The highest BCUT2D eigenvalue weighted by Crippen LogP contribution is 2.16. The number of aliphatic hydroxyl groups is 2. The summed E-state index contributed by atoms with van der Waals surface area (Å²) in [5, 5.41) is 23.2. The molecule has 56 heavy (non-hydrogen) atoms. The van der Waals surface area contributed by atoms with E-state index in [1.807, 2.05) is 0 Å². The van der Waals surface area contributed by atoms with E-state index in [9.17, 15) is 19.8 Å². The molecule has 0 aliphatic carbocycles. The van der Waals surface area contributed by atoms with E-state index in [2.05, 4.69) is 31.3 Å². The van der Waals surface area contributed by atoms with Crippen LogP contribution in [0.4, 0.5) is 0 Å². The van der Waals surface area contributed by atoms with Crippen molar-refractivity contribution in [1.82, 2.24) is 5.32 Å². The standard InChI is InChI=1S/C50H97NO5/c1-3-5-7-9-11-13-15-17-19-20-21-23-26-30-34-38-42-48(53)47(46-52)51-49(54)43-39-35-31-27-25-29-33-37-41-45-56-50(55)44-40-36-32-28-24-22-18-16-14-12-10-8-6-4-2/h16,18,47-48,52-53H,3-15,17,19-46H2,1-2H3,(H,51,54)/b18-16-. The van der Waals surface area contributed by atoms with Gasteiger partial charge >= 0.3 is 5.97 Å². The Morgan fingerprint density at radius 3 is 1.27 bits per heavy atom. The smallest absolute Gasteiger partial charge is 0.305 e. The molecule has 0 heterocycles. The van der Waals surface area contributed by atoms with Crippen molar-refractivity contribution < 1.29 is 24.5 Å². The minimum Gasteiger partial charge on any atom is -0.466 e. The lowest BCUT2D eigenvalue weighted by atomic mass is 10.0. The SMILES string of the molecule is CCCCCCC/C=C\CCCCCCCC(=O)OCCCCCCCCCCCC(=O)NC(CO)C(O)CCCCCCCCCCCCCCCCCC. The van der Waals surface area contributed by atoms with Gasteiger partial charge < -0.3 is 20.3 Å². The Labute approximate surface area is 349 Å². The fourth-order valence-corrected chi connectivity index (χ4v) is 7.69. The average molecular weight is 792 g/mol. The highest BCUT2D eigenvalue weighted by Gasteiger charge is 2.20. The van der Waals surface area contributed by atoms with Gasteiger partial charge in [0.2, 0.25) is 5.91 Å². The normalized spacial score (nSPS) is 12.7. The van der Waals surface area contributed by atoms with Crippen molar-refractivity contribution in [3.05, 3.63) is 12.2 Å². The summed E-state index contributed by atoms with van der Waals surface area (Å²) in [6.07, 6.45) is 51.7. The van der Waals surface area contributed by atoms with Crippen LogP contribution in [0.2, 0.25) is 0 Å². The molecule has 0 spiro atoms. The zero-order chi connectivity index (χ0) is 40.8. The number of allylic oxidation sites excluding steroid dienone is 2. The average Bonchev–Trinajstić information content (AvgIpc) is 3.20. The summed E-state index contributed by atoms with van der Waals surface area (Å²) in [6, 6.07) is -0.561. The number of nitrogens with one attached hydrogen (secondary N) is 1. The van der Waals surface area contributed by atoms with E-state index < -0.39 is 12.1 Å². The number of hydrogen-bond acceptors (Lipinski definition) is 5. The highest BCUT2D eigenvalue weighted by atomic mass is 16.5. The summed E-state index contributed by atoms with van der Waals surface area (Å²) in [5.74, 6) is -0.0950. The van der Waals surface area contributed by atoms with Crippen LogP contribution < -0.4 is 5.32 Å². The van der Waals surface area contributed by atoms with Crippen LogP contribution in [0.5, 0.6) is 0 Å². The lowest BCUT2D eigenvalue weighted by Gasteiger charge is -2.22. The van der Waals surface area contributed by atoms with E-state index in [4.69, 9.17) is 4.74 Å². The van der Waals surface area contributed by atoms with Gasteiger partial charge in [0.1, 0.15) is 0 Å². The Balaban J connectivity index is 3.50. The molecule has 0 aromatic heterocycles. The molecule has 0 saturated heterocycles. The van der Waals surface area contributed by atoms with Gasteiger partial charge in [-0.05, 0) is 51.4 Å². The van der Waals surface area contributed by atoms with Crippen LogP contribution in [0, 0.1) is 0 Å². The Bertz CT molecular complexity index is 832. The van der Waals surface area contributed by atoms with E-state index in [1.54, 1.807) is 0 Å². The molecule has 6 heteroatoms. The fraction of sp³-hybridized carbons (Fsp3) is 0.920. The predicted octanol–water partition coefficient (Wildman–Crippen LogP) is 14.6. The molecule has 0 aromatic rings. The van der Waals surface area contributed by atoms with Crippen molar-refractivity contribution in [3.8, 4) is 0 Å². The van der Waals surface area contributed by atoms with E-state index in [0.717, 1.165) is 57.8 Å². The lowest BCUT2D eigenvalue weighted by Crippen LogP contribution is -2.45. The summed E-state index contributed by atoms with van der Waals surface area (Å²) in [7, 11) is 0. The maximum atomic E-state index is 12.4. The largest absolute Gasteiger partial charge is 0.466 e. The second-order valence-corrected chi connectivity index (χ2v) is 17.1. The Hall–Kier alpha value is -1.40. The number of rotatable bonds is 46. The van der Waals surface area contributed by atoms with Gasteiger partial charge in [0.25, 0.3) is 0 Å². The molecule has 0 rings (SSSR count). The molecule has 332 valence electrons. The summed E-state index contributed by atoms with van der Waals surface area (Å²) in [6.45, 7) is 4.88. The molecule has 0 aliphatic rings. The highest BCUT2D eigenvalue weighted by molar-refractivity contribution is 5.76. The molecule has 0 fully saturated rings. The predicted molar refractivity (Wildman–Crippen MR) is 241 cm³/mol. The lowest BCUT2D eigenvalue weighted by molar-refractivity contribution is -0.143. The number of ether oxygens (including phenoxy) is 1. The topological polar surface area (TPSA) is 95.9 Å². The van der Waals surface area contributed by atoms with Crippen LogP contribution in [-0.2, 0) is 14.3 Å². The number of carbonyl (C=O) groups is 2. The van der Waals surface area contributed by atoms with Crippen molar-refractivity contribution in [1.29, 1.82) is 0 Å². The molecule has 2 atom stereocenters. The zero-order valence-electron chi connectivity index (χ0n) is 37.6. The number of amides is 1. The minimum absolute atomic E-state index is 0.0332. The Kier molecular flexibility index (Phi) is 45.1. The first kappa shape index (κ1) is 54.6. The van der Waals surface area contributed by atoms with Crippen LogP contribution >= 0.6 is 0 Å². The monoisotopic (exact) mass is 792 g/mol. The molecule has 0 aromatic carbocycles. The van der Waals surface area contributed by atoms with Crippen LogP contribution in [0.1, 0.15) is 271 Å². The molecule has 0 bridgehead atoms. The molecule has 1 amide bonds. The van der Waals surface area contributed by atoms with Crippen molar-refractivity contribution in [2.24, 2.45) is 0 Å². The molecule has 6 nitrogen and oxygen atoms in total. The Morgan fingerprint density at radius 1 is 0.482 bits per heavy atom. The molecule has 3 N–H and O–H groups in total. The number of unbranched alkanes of at least 4 members (excludes halogenated alkanes) is 33. The first-order chi connectivity index (χ1) is 27.5. The van der Waals surface area contributed by atoms with Crippen molar-refractivity contribution in [2.45, 2.75) is 283 Å². The van der Waals surface area contributed by atoms with E-state index in [1.165, 1.54) is 180 Å². The fourth-order valence-electron chi connectivity index (χ4n) is 7.69. The van der Waals surface area contributed by atoms with Crippen LogP contribution in [0.15, 0.2) is 12.2 Å². The third-order valence-electron chi connectivity index (χ3n) is 11.6. The number of aliphatic hydroxyl groups excluding tert-OH is 2. The van der Waals surface area contributed by atoms with Gasteiger partial charge in [-0.1, -0.05) is 219 Å². The maximum absolute atomic E-state index is 12.4. The molecular weight excluding hydrogens is 695 g/mol. The summed E-state index contributed by atoms with van der Waals surface area (Å²) in [5.41, 5.74) is 0. The summed E-state index contributed by atoms with van der Waals surface area (Å²) < 4.78 is 5.44. The van der Waals surface area contributed by atoms with Crippen molar-refractivity contribution in [3.63, 3.8) is 0 Å². The second kappa shape index (κ2) is 46.3. The third kappa shape index (κ3) is 42.2. The van der Waals surface area contributed by atoms with Crippen molar-refractivity contribution >= 4 is 11.9 Å².